The Morgan fingerprint density at radius 1 is 1.89 bits per heavy atom. The molecule has 1 saturated heterocycles. The van der Waals surface area contributed by atoms with Crippen molar-refractivity contribution in [2.45, 2.75) is 25.9 Å². The Morgan fingerprint density at radius 3 is 2.89 bits per heavy atom. The van der Waals surface area contributed by atoms with E-state index in [0.717, 1.165) is 6.61 Å². The molecule has 0 radical (unpaired) electrons. The van der Waals surface area contributed by atoms with Crippen LogP contribution < -0.4 is 0 Å². The molecular weight excluding hydrogens is 112 g/mol. The molecule has 0 amide bonds. The number of hydrogen-bond acceptors (Lipinski definition) is 1. The van der Waals surface area contributed by atoms with Crippen LogP contribution in [0.1, 0.15) is 19.8 Å². The van der Waals surface area contributed by atoms with Crippen LogP contribution in [-0.2, 0) is 4.74 Å². The Morgan fingerprint density at radius 2 is 2.56 bits per heavy atom. The summed E-state index contributed by atoms with van der Waals surface area (Å²) < 4.78 is 5.14. The number of hydrogen-bond donors (Lipinski definition) is 0. The highest BCUT2D eigenvalue weighted by Crippen LogP contribution is 2.24. The van der Waals surface area contributed by atoms with Gasteiger partial charge in [-0.2, -0.15) is 0 Å². The summed E-state index contributed by atoms with van der Waals surface area (Å²) in [6, 6.07) is 0. The van der Waals surface area contributed by atoms with Gasteiger partial charge in [0, 0.05) is 5.92 Å². The van der Waals surface area contributed by atoms with E-state index in [1.54, 1.807) is 0 Å². The van der Waals surface area contributed by atoms with E-state index in [4.69, 9.17) is 4.74 Å². The van der Waals surface area contributed by atoms with Crippen molar-refractivity contribution in [3.05, 3.63) is 12.7 Å². The SMILES string of the molecule is C=CC(CCC)C1CO1. The van der Waals surface area contributed by atoms with Gasteiger partial charge in [-0.25, -0.2) is 0 Å². The van der Waals surface area contributed by atoms with Crippen molar-refractivity contribution in [3.8, 4) is 0 Å². The van der Waals surface area contributed by atoms with Gasteiger partial charge in [0.2, 0.25) is 0 Å². The highest BCUT2D eigenvalue weighted by Gasteiger charge is 2.29. The van der Waals surface area contributed by atoms with E-state index < -0.39 is 0 Å². The molecule has 1 heterocycles. The van der Waals surface area contributed by atoms with Gasteiger partial charge < -0.3 is 4.74 Å². The zero-order chi connectivity index (χ0) is 6.69. The molecular formula is C8H14O. The van der Waals surface area contributed by atoms with Crippen molar-refractivity contribution in [1.29, 1.82) is 0 Å². The maximum atomic E-state index is 5.14. The van der Waals surface area contributed by atoms with Crippen LogP contribution in [0.15, 0.2) is 12.7 Å². The van der Waals surface area contributed by atoms with Crippen LogP contribution in [0.25, 0.3) is 0 Å². The minimum Gasteiger partial charge on any atom is -0.372 e. The minimum atomic E-state index is 0.516. The average molecular weight is 126 g/mol. The first-order chi connectivity index (χ1) is 4.38. The second kappa shape index (κ2) is 3.02. The zero-order valence-electron chi connectivity index (χ0n) is 5.97. The predicted octanol–water partition coefficient (Wildman–Crippen LogP) is 1.99. The van der Waals surface area contributed by atoms with Gasteiger partial charge in [0.25, 0.3) is 0 Å². The molecule has 1 aliphatic rings. The summed E-state index contributed by atoms with van der Waals surface area (Å²) in [6.45, 7) is 6.91. The average Bonchev–Trinajstić information content (AvgIpc) is 2.64. The molecule has 0 aromatic carbocycles. The Kier molecular flexibility index (Phi) is 2.29. The summed E-state index contributed by atoms with van der Waals surface area (Å²) in [4.78, 5) is 0. The molecule has 0 aromatic rings. The van der Waals surface area contributed by atoms with Gasteiger partial charge in [-0.05, 0) is 6.42 Å². The van der Waals surface area contributed by atoms with E-state index in [1.165, 1.54) is 12.8 Å². The second-order valence-corrected chi connectivity index (χ2v) is 2.56. The normalized spacial score (nSPS) is 27.4. The van der Waals surface area contributed by atoms with Gasteiger partial charge in [0.1, 0.15) is 0 Å². The molecule has 9 heavy (non-hydrogen) atoms. The molecule has 0 bridgehead atoms. The Balaban J connectivity index is 2.20. The monoisotopic (exact) mass is 126 g/mol. The van der Waals surface area contributed by atoms with Gasteiger partial charge in [-0.3, -0.25) is 0 Å². The van der Waals surface area contributed by atoms with Crippen molar-refractivity contribution < 1.29 is 4.74 Å². The van der Waals surface area contributed by atoms with Gasteiger partial charge >= 0.3 is 0 Å². The van der Waals surface area contributed by atoms with Crippen LogP contribution in [0, 0.1) is 5.92 Å². The molecule has 1 rings (SSSR count). The Labute approximate surface area is 56.7 Å². The predicted molar refractivity (Wildman–Crippen MR) is 38.3 cm³/mol. The third kappa shape index (κ3) is 1.83. The lowest BCUT2D eigenvalue weighted by Gasteiger charge is -2.04. The van der Waals surface area contributed by atoms with Crippen LogP contribution >= 0.6 is 0 Å². The maximum Gasteiger partial charge on any atom is 0.0872 e. The molecule has 2 atom stereocenters. The lowest BCUT2D eigenvalue weighted by atomic mass is 10.0. The van der Waals surface area contributed by atoms with E-state index in [1.807, 2.05) is 6.08 Å². The molecule has 2 unspecified atom stereocenters. The number of ether oxygens (including phenoxy) is 1. The molecule has 1 aliphatic heterocycles. The van der Waals surface area contributed by atoms with Crippen LogP contribution in [0.5, 0.6) is 0 Å². The first-order valence-electron chi connectivity index (χ1n) is 3.62. The third-order valence-corrected chi connectivity index (χ3v) is 1.76. The quantitative estimate of drug-likeness (QED) is 0.414. The summed E-state index contributed by atoms with van der Waals surface area (Å²) in [6.07, 6.45) is 4.99. The Bertz CT molecular complexity index is 94.7. The van der Waals surface area contributed by atoms with Crippen LogP contribution in [0.2, 0.25) is 0 Å². The lowest BCUT2D eigenvalue weighted by Crippen LogP contribution is -2.03. The fourth-order valence-corrected chi connectivity index (χ4v) is 1.09. The smallest absolute Gasteiger partial charge is 0.0872 e. The summed E-state index contributed by atoms with van der Waals surface area (Å²) in [5.74, 6) is 0.620. The highest BCUT2D eigenvalue weighted by molar-refractivity contribution is 4.90. The third-order valence-electron chi connectivity index (χ3n) is 1.76. The van der Waals surface area contributed by atoms with Crippen molar-refractivity contribution in [2.24, 2.45) is 5.92 Å². The Hall–Kier alpha value is -0.300. The van der Waals surface area contributed by atoms with Gasteiger partial charge in [0.05, 0.1) is 12.7 Å². The maximum absolute atomic E-state index is 5.14. The van der Waals surface area contributed by atoms with Gasteiger partial charge in [0.15, 0.2) is 0 Å². The largest absolute Gasteiger partial charge is 0.372 e. The zero-order valence-corrected chi connectivity index (χ0v) is 5.97. The van der Waals surface area contributed by atoms with Crippen LogP contribution in [0.3, 0.4) is 0 Å². The summed E-state index contributed by atoms with van der Waals surface area (Å²) in [5, 5.41) is 0. The van der Waals surface area contributed by atoms with E-state index in [2.05, 4.69) is 13.5 Å². The molecule has 1 fully saturated rings. The topological polar surface area (TPSA) is 12.5 Å². The molecule has 0 spiro atoms. The first-order valence-corrected chi connectivity index (χ1v) is 3.62. The van der Waals surface area contributed by atoms with E-state index in [0.29, 0.717) is 12.0 Å². The molecule has 52 valence electrons. The van der Waals surface area contributed by atoms with Crippen LogP contribution in [-0.4, -0.2) is 12.7 Å². The van der Waals surface area contributed by atoms with E-state index >= 15 is 0 Å². The molecule has 0 aromatic heterocycles. The van der Waals surface area contributed by atoms with Crippen LogP contribution in [0.4, 0.5) is 0 Å². The highest BCUT2D eigenvalue weighted by atomic mass is 16.6. The molecule has 1 nitrogen and oxygen atoms in total. The fourth-order valence-electron chi connectivity index (χ4n) is 1.09. The fraction of sp³-hybridized carbons (Fsp3) is 0.750. The second-order valence-electron chi connectivity index (χ2n) is 2.56. The molecule has 1 heteroatoms. The lowest BCUT2D eigenvalue weighted by molar-refractivity contribution is 0.350. The molecule has 0 saturated carbocycles. The number of epoxide rings is 1. The summed E-state index contributed by atoms with van der Waals surface area (Å²) in [7, 11) is 0. The number of rotatable bonds is 4. The van der Waals surface area contributed by atoms with Gasteiger partial charge in [-0.1, -0.05) is 19.4 Å². The van der Waals surface area contributed by atoms with Crippen molar-refractivity contribution in [1.82, 2.24) is 0 Å². The summed E-state index contributed by atoms with van der Waals surface area (Å²) in [5.41, 5.74) is 0. The van der Waals surface area contributed by atoms with E-state index in [9.17, 15) is 0 Å². The standard InChI is InChI=1S/C8H14O/c1-3-5-7(4-2)8-6-9-8/h4,7-8H,2-3,5-6H2,1H3. The van der Waals surface area contributed by atoms with Crippen molar-refractivity contribution in [2.75, 3.05) is 6.61 Å². The van der Waals surface area contributed by atoms with Gasteiger partial charge in [-0.15, -0.1) is 6.58 Å². The van der Waals surface area contributed by atoms with Crippen molar-refractivity contribution in [3.63, 3.8) is 0 Å². The first kappa shape index (κ1) is 6.81. The van der Waals surface area contributed by atoms with Crippen molar-refractivity contribution >= 4 is 0 Å². The summed E-state index contributed by atoms with van der Waals surface area (Å²) >= 11 is 0. The molecule has 0 aliphatic carbocycles. The minimum absolute atomic E-state index is 0.516. The molecule has 0 N–H and O–H groups in total. The van der Waals surface area contributed by atoms with E-state index in [-0.39, 0.29) is 0 Å².